The van der Waals surface area contributed by atoms with Gasteiger partial charge in [0, 0.05) is 11.9 Å². The average molecular weight is 138 g/mol. The van der Waals surface area contributed by atoms with Crippen LogP contribution in [0, 0.1) is 0 Å². The van der Waals surface area contributed by atoms with Gasteiger partial charge in [-0.3, -0.25) is 4.99 Å². The van der Waals surface area contributed by atoms with Crippen molar-refractivity contribution in [1.82, 2.24) is 5.32 Å². The zero-order valence-electron chi connectivity index (χ0n) is 6.65. The van der Waals surface area contributed by atoms with E-state index in [2.05, 4.69) is 24.2 Å². The molecule has 1 aliphatic rings. The number of hydrogen-bond acceptors (Lipinski definition) is 2. The molecule has 1 rings (SSSR count). The van der Waals surface area contributed by atoms with E-state index < -0.39 is 0 Å². The summed E-state index contributed by atoms with van der Waals surface area (Å²) in [5, 5.41) is 3.30. The fourth-order valence-corrected chi connectivity index (χ4v) is 1.14. The van der Waals surface area contributed by atoms with Gasteiger partial charge in [-0.15, -0.1) is 0 Å². The van der Waals surface area contributed by atoms with Gasteiger partial charge in [0.2, 0.25) is 0 Å². The van der Waals surface area contributed by atoms with Crippen LogP contribution in [0.1, 0.15) is 26.7 Å². The van der Waals surface area contributed by atoms with Gasteiger partial charge in [0.1, 0.15) is 0 Å². The van der Waals surface area contributed by atoms with Crippen molar-refractivity contribution in [2.75, 3.05) is 6.54 Å². The Balaban J connectivity index is 2.73. The molecule has 0 radical (unpaired) electrons. The maximum Gasteiger partial charge on any atom is 0.0586 e. The first-order chi connectivity index (χ1) is 4.88. The molecular weight excluding hydrogens is 124 g/mol. The highest BCUT2D eigenvalue weighted by Gasteiger charge is 2.03. The van der Waals surface area contributed by atoms with Crippen molar-refractivity contribution in [1.29, 1.82) is 0 Å². The Morgan fingerprint density at radius 3 is 2.80 bits per heavy atom. The third-order valence-electron chi connectivity index (χ3n) is 1.69. The number of rotatable bonds is 2. The van der Waals surface area contributed by atoms with Crippen molar-refractivity contribution in [3.05, 3.63) is 11.4 Å². The van der Waals surface area contributed by atoms with Crippen molar-refractivity contribution in [2.24, 2.45) is 4.99 Å². The molecule has 0 unspecified atom stereocenters. The van der Waals surface area contributed by atoms with Crippen molar-refractivity contribution in [3.63, 3.8) is 0 Å². The molecule has 0 saturated heterocycles. The van der Waals surface area contributed by atoms with Gasteiger partial charge in [0.25, 0.3) is 0 Å². The van der Waals surface area contributed by atoms with Gasteiger partial charge in [-0.2, -0.15) is 0 Å². The molecule has 0 amide bonds. The van der Waals surface area contributed by atoms with Crippen molar-refractivity contribution >= 4 is 6.21 Å². The Morgan fingerprint density at radius 2 is 2.30 bits per heavy atom. The zero-order valence-corrected chi connectivity index (χ0v) is 6.65. The van der Waals surface area contributed by atoms with E-state index in [-0.39, 0.29) is 0 Å². The van der Waals surface area contributed by atoms with Crippen molar-refractivity contribution in [3.8, 4) is 0 Å². The van der Waals surface area contributed by atoms with Gasteiger partial charge in [-0.1, -0.05) is 13.8 Å². The van der Waals surface area contributed by atoms with Crippen LogP contribution in [0.15, 0.2) is 16.4 Å². The Kier molecular flexibility index (Phi) is 2.49. The normalized spacial score (nSPS) is 17.4. The molecule has 0 spiro atoms. The number of nitrogens with one attached hydrogen (secondary N) is 1. The van der Waals surface area contributed by atoms with Crippen molar-refractivity contribution < 1.29 is 0 Å². The van der Waals surface area contributed by atoms with Crippen LogP contribution in [0.25, 0.3) is 0 Å². The van der Waals surface area contributed by atoms with Crippen LogP contribution in [0.3, 0.4) is 0 Å². The molecule has 0 aromatic carbocycles. The predicted molar refractivity (Wildman–Crippen MR) is 44.1 cm³/mol. The summed E-state index contributed by atoms with van der Waals surface area (Å²) in [7, 11) is 0. The third kappa shape index (κ3) is 1.38. The highest BCUT2D eigenvalue weighted by Crippen LogP contribution is 2.12. The first-order valence-corrected chi connectivity index (χ1v) is 3.86. The second kappa shape index (κ2) is 3.40. The molecule has 1 aliphatic heterocycles. The summed E-state index contributed by atoms with van der Waals surface area (Å²) >= 11 is 0. The van der Waals surface area contributed by atoms with E-state index in [0.29, 0.717) is 0 Å². The molecular formula is C8H14N2. The number of nitrogens with zero attached hydrogens (tertiary/aromatic N) is 1. The van der Waals surface area contributed by atoms with Crippen LogP contribution in [0.5, 0.6) is 0 Å². The first-order valence-electron chi connectivity index (χ1n) is 3.86. The Hall–Kier alpha value is -0.790. The fraction of sp³-hybridized carbons (Fsp3) is 0.625. The smallest absolute Gasteiger partial charge is 0.0586 e. The van der Waals surface area contributed by atoms with Gasteiger partial charge in [-0.25, -0.2) is 0 Å². The van der Waals surface area contributed by atoms with E-state index >= 15 is 0 Å². The largest absolute Gasteiger partial charge is 0.382 e. The standard InChI is InChI=1S/C8H14N2/c1-3-7-8(4-2)10-6-5-9-7/h5,10H,3-4,6H2,1-2H3. The minimum absolute atomic E-state index is 0.896. The SMILES string of the molecule is CCC1=C(CC)NCC=N1. The van der Waals surface area contributed by atoms with Crippen LogP contribution in [0.2, 0.25) is 0 Å². The zero-order chi connectivity index (χ0) is 7.40. The Labute approximate surface area is 62.0 Å². The summed E-state index contributed by atoms with van der Waals surface area (Å²) in [4.78, 5) is 4.29. The van der Waals surface area contributed by atoms with Gasteiger partial charge in [-0.05, 0) is 12.8 Å². The van der Waals surface area contributed by atoms with E-state index in [1.165, 1.54) is 11.4 Å². The summed E-state index contributed by atoms with van der Waals surface area (Å²) in [6, 6.07) is 0. The van der Waals surface area contributed by atoms with Crippen LogP contribution in [0.4, 0.5) is 0 Å². The molecule has 0 saturated carbocycles. The average Bonchev–Trinajstić information content (AvgIpc) is 2.04. The van der Waals surface area contributed by atoms with E-state index in [0.717, 1.165) is 19.4 Å². The lowest BCUT2D eigenvalue weighted by molar-refractivity contribution is 0.800. The second-order valence-corrected chi connectivity index (χ2v) is 2.32. The maximum atomic E-state index is 4.29. The van der Waals surface area contributed by atoms with Gasteiger partial charge in [0.05, 0.1) is 12.2 Å². The molecule has 0 bridgehead atoms. The van der Waals surface area contributed by atoms with E-state index in [1.807, 2.05) is 6.21 Å². The summed E-state index contributed by atoms with van der Waals surface area (Å²) in [5.41, 5.74) is 2.53. The monoisotopic (exact) mass is 138 g/mol. The lowest BCUT2D eigenvalue weighted by atomic mass is 10.2. The molecule has 0 aliphatic carbocycles. The Morgan fingerprint density at radius 1 is 1.50 bits per heavy atom. The highest BCUT2D eigenvalue weighted by atomic mass is 15.0. The molecule has 0 aromatic rings. The first kappa shape index (κ1) is 7.32. The quantitative estimate of drug-likeness (QED) is 0.617. The second-order valence-electron chi connectivity index (χ2n) is 2.32. The molecule has 0 aromatic heterocycles. The topological polar surface area (TPSA) is 24.4 Å². The molecule has 10 heavy (non-hydrogen) atoms. The third-order valence-corrected chi connectivity index (χ3v) is 1.69. The molecule has 0 fully saturated rings. The maximum absolute atomic E-state index is 4.29. The van der Waals surface area contributed by atoms with Gasteiger partial charge in [0.15, 0.2) is 0 Å². The van der Waals surface area contributed by atoms with Crippen LogP contribution < -0.4 is 5.32 Å². The molecule has 56 valence electrons. The van der Waals surface area contributed by atoms with Crippen LogP contribution >= 0.6 is 0 Å². The predicted octanol–water partition coefficient (Wildman–Crippen LogP) is 1.69. The number of aliphatic imine (C=N–C) groups is 1. The van der Waals surface area contributed by atoms with Crippen LogP contribution in [-0.2, 0) is 0 Å². The minimum Gasteiger partial charge on any atom is -0.382 e. The van der Waals surface area contributed by atoms with E-state index in [1.54, 1.807) is 0 Å². The summed E-state index contributed by atoms with van der Waals surface area (Å²) in [6.45, 7) is 5.18. The minimum atomic E-state index is 0.896. The van der Waals surface area contributed by atoms with Gasteiger partial charge < -0.3 is 5.32 Å². The number of allylic oxidation sites excluding steroid dienone is 2. The molecule has 0 atom stereocenters. The molecule has 1 N–H and O–H groups in total. The van der Waals surface area contributed by atoms with Crippen molar-refractivity contribution in [2.45, 2.75) is 26.7 Å². The van der Waals surface area contributed by atoms with Gasteiger partial charge >= 0.3 is 0 Å². The number of hydrogen-bond donors (Lipinski definition) is 1. The van der Waals surface area contributed by atoms with E-state index in [4.69, 9.17) is 0 Å². The summed E-state index contributed by atoms with van der Waals surface area (Å²) in [6.07, 6.45) is 4.03. The molecule has 2 heteroatoms. The lowest BCUT2D eigenvalue weighted by Crippen LogP contribution is -2.20. The van der Waals surface area contributed by atoms with E-state index in [9.17, 15) is 0 Å². The highest BCUT2D eigenvalue weighted by molar-refractivity contribution is 5.63. The summed E-state index contributed by atoms with van der Waals surface area (Å²) < 4.78 is 0. The Bertz CT molecular complexity index is 168. The molecule has 2 nitrogen and oxygen atoms in total. The molecule has 1 heterocycles. The lowest BCUT2D eigenvalue weighted by Gasteiger charge is -2.14. The fourth-order valence-electron chi connectivity index (χ4n) is 1.14. The summed E-state index contributed by atoms with van der Waals surface area (Å²) in [5.74, 6) is 0. The van der Waals surface area contributed by atoms with Crippen LogP contribution in [-0.4, -0.2) is 12.8 Å².